The first-order chi connectivity index (χ1) is 9.99. The zero-order chi connectivity index (χ0) is 15.8. The number of ether oxygens (including phenoxy) is 3. The molecule has 1 rings (SSSR count). The Morgan fingerprint density at radius 3 is 2.57 bits per heavy atom. The van der Waals surface area contributed by atoms with Crippen LogP contribution in [0.1, 0.15) is 10.4 Å². The number of nitrogens with one attached hydrogen (secondary N) is 1. The number of rotatable bonds is 8. The molecule has 7 nitrogen and oxygen atoms in total. The molecule has 0 aliphatic heterocycles. The van der Waals surface area contributed by atoms with Crippen molar-refractivity contribution < 1.29 is 28.9 Å². The van der Waals surface area contributed by atoms with Crippen LogP contribution in [0.4, 0.5) is 0 Å². The number of carbonyl (C=O) groups is 2. The van der Waals surface area contributed by atoms with Gasteiger partial charge >= 0.3 is 5.97 Å². The number of methoxy groups -OCH3 is 2. The quantitative estimate of drug-likeness (QED) is 0.677. The van der Waals surface area contributed by atoms with Crippen LogP contribution < -0.4 is 14.8 Å². The molecule has 0 fully saturated rings. The first kappa shape index (κ1) is 17.3. The largest absolute Gasteiger partial charge is 0.497 e. The third-order valence-corrected chi connectivity index (χ3v) is 3.05. The molecule has 0 aromatic heterocycles. The van der Waals surface area contributed by atoms with Crippen LogP contribution in [0.15, 0.2) is 16.6 Å². The Bertz CT molecular complexity index is 520. The van der Waals surface area contributed by atoms with Gasteiger partial charge in [-0.2, -0.15) is 0 Å². The number of carboxylic acid groups (broad SMARTS) is 1. The van der Waals surface area contributed by atoms with Crippen molar-refractivity contribution in [3.05, 3.63) is 22.2 Å². The fourth-order valence-electron chi connectivity index (χ4n) is 1.55. The summed E-state index contributed by atoms with van der Waals surface area (Å²) in [6, 6.07) is 3.24. The Morgan fingerprint density at radius 1 is 1.29 bits per heavy atom. The van der Waals surface area contributed by atoms with E-state index >= 15 is 0 Å². The van der Waals surface area contributed by atoms with E-state index in [2.05, 4.69) is 21.2 Å². The lowest BCUT2D eigenvalue weighted by Crippen LogP contribution is -2.28. The second kappa shape index (κ2) is 8.48. The predicted octanol–water partition coefficient (Wildman–Crippen LogP) is 1.30. The molecular weight excluding hydrogens is 346 g/mol. The van der Waals surface area contributed by atoms with Gasteiger partial charge in [0.25, 0.3) is 5.91 Å². The number of benzene rings is 1. The summed E-state index contributed by atoms with van der Waals surface area (Å²) in [5.41, 5.74) is 0.307. The van der Waals surface area contributed by atoms with Crippen LogP contribution in [-0.4, -0.2) is 51.0 Å². The van der Waals surface area contributed by atoms with Gasteiger partial charge in [0, 0.05) is 6.54 Å². The van der Waals surface area contributed by atoms with E-state index in [0.717, 1.165) is 0 Å². The lowest BCUT2D eigenvalue weighted by atomic mass is 10.1. The summed E-state index contributed by atoms with van der Waals surface area (Å²) in [6.45, 7) is -0.112. The van der Waals surface area contributed by atoms with Crippen molar-refractivity contribution in [2.45, 2.75) is 0 Å². The predicted molar refractivity (Wildman–Crippen MR) is 78.0 cm³/mol. The Balaban J connectivity index is 2.68. The number of hydrogen-bond donors (Lipinski definition) is 2. The number of carboxylic acids is 1. The normalized spacial score (nSPS) is 10.0. The summed E-state index contributed by atoms with van der Waals surface area (Å²) in [4.78, 5) is 22.4. The van der Waals surface area contributed by atoms with Crippen molar-refractivity contribution in [3.8, 4) is 11.5 Å². The summed E-state index contributed by atoms with van der Waals surface area (Å²) in [5, 5.41) is 11.0. The summed E-state index contributed by atoms with van der Waals surface area (Å²) in [5.74, 6) is -0.528. The zero-order valence-electron chi connectivity index (χ0n) is 11.6. The third kappa shape index (κ3) is 5.24. The van der Waals surface area contributed by atoms with Crippen LogP contribution >= 0.6 is 15.9 Å². The molecular formula is C13H16BrNO6. The van der Waals surface area contributed by atoms with Crippen molar-refractivity contribution in [1.29, 1.82) is 0 Å². The fraction of sp³-hybridized carbons (Fsp3) is 0.385. The molecule has 0 saturated heterocycles. The van der Waals surface area contributed by atoms with Crippen molar-refractivity contribution in [3.63, 3.8) is 0 Å². The number of halogens is 1. The summed E-state index contributed by atoms with van der Waals surface area (Å²) in [6.07, 6.45) is 0. The van der Waals surface area contributed by atoms with Crippen LogP contribution in [0.3, 0.4) is 0 Å². The molecule has 0 bridgehead atoms. The van der Waals surface area contributed by atoms with Crippen molar-refractivity contribution in [2.24, 2.45) is 0 Å². The maximum Gasteiger partial charge on any atom is 0.329 e. The molecule has 1 aromatic carbocycles. The van der Waals surface area contributed by atoms with E-state index in [4.69, 9.17) is 19.3 Å². The topological polar surface area (TPSA) is 94.1 Å². The minimum atomic E-state index is -1.06. The zero-order valence-corrected chi connectivity index (χ0v) is 13.2. The second-order valence-corrected chi connectivity index (χ2v) is 4.75. The molecule has 0 radical (unpaired) electrons. The molecule has 0 atom stereocenters. The average Bonchev–Trinajstić information content (AvgIpc) is 2.45. The van der Waals surface area contributed by atoms with Gasteiger partial charge in [-0.3, -0.25) is 4.79 Å². The standard InChI is InChI=1S/C13H16BrNO6/c1-19-8-5-9(12(20-2)10(14)6-8)13(18)15-3-4-21-7-11(16)17/h5-6H,3-4,7H2,1-2H3,(H,15,18)(H,16,17). The first-order valence-corrected chi connectivity index (χ1v) is 6.78. The van der Waals surface area contributed by atoms with E-state index in [0.29, 0.717) is 21.5 Å². The van der Waals surface area contributed by atoms with Crippen LogP contribution in [0, 0.1) is 0 Å². The Labute approximate surface area is 130 Å². The molecule has 116 valence electrons. The lowest BCUT2D eigenvalue weighted by molar-refractivity contribution is -0.142. The summed E-state index contributed by atoms with van der Waals surface area (Å²) >= 11 is 3.30. The molecule has 1 amide bonds. The van der Waals surface area contributed by atoms with E-state index in [-0.39, 0.29) is 19.1 Å². The van der Waals surface area contributed by atoms with Crippen molar-refractivity contribution in [1.82, 2.24) is 5.32 Å². The van der Waals surface area contributed by atoms with Gasteiger partial charge in [0.2, 0.25) is 0 Å². The van der Waals surface area contributed by atoms with E-state index in [9.17, 15) is 9.59 Å². The van der Waals surface area contributed by atoms with E-state index < -0.39 is 12.6 Å². The lowest BCUT2D eigenvalue weighted by Gasteiger charge is -2.12. The van der Waals surface area contributed by atoms with Gasteiger partial charge in [0.1, 0.15) is 18.1 Å². The molecule has 21 heavy (non-hydrogen) atoms. The Kier molecular flexibility index (Phi) is 6.97. The summed E-state index contributed by atoms with van der Waals surface area (Å²) in [7, 11) is 2.95. The SMILES string of the molecule is COc1cc(Br)c(OC)c(C(=O)NCCOCC(=O)O)c1. The number of carbonyl (C=O) groups excluding carboxylic acids is 1. The second-order valence-electron chi connectivity index (χ2n) is 3.89. The van der Waals surface area contributed by atoms with Gasteiger partial charge in [-0.1, -0.05) is 0 Å². The summed E-state index contributed by atoms with van der Waals surface area (Å²) < 4.78 is 15.7. The maximum atomic E-state index is 12.1. The number of aliphatic carboxylic acids is 1. The van der Waals surface area contributed by atoms with E-state index in [1.165, 1.54) is 14.2 Å². The Morgan fingerprint density at radius 2 is 2.00 bits per heavy atom. The van der Waals surface area contributed by atoms with Crippen molar-refractivity contribution in [2.75, 3.05) is 34.0 Å². The molecule has 0 aliphatic carbocycles. The first-order valence-electron chi connectivity index (χ1n) is 5.98. The molecule has 8 heteroatoms. The minimum absolute atomic E-state index is 0.103. The monoisotopic (exact) mass is 361 g/mol. The number of hydrogen-bond acceptors (Lipinski definition) is 5. The van der Waals surface area contributed by atoms with Crippen LogP contribution in [0.2, 0.25) is 0 Å². The van der Waals surface area contributed by atoms with Gasteiger partial charge in [-0.05, 0) is 28.1 Å². The van der Waals surface area contributed by atoms with Crippen LogP contribution in [0.25, 0.3) is 0 Å². The molecule has 0 heterocycles. The highest BCUT2D eigenvalue weighted by Gasteiger charge is 2.17. The van der Waals surface area contributed by atoms with Crippen LogP contribution in [0.5, 0.6) is 11.5 Å². The maximum absolute atomic E-state index is 12.1. The van der Waals surface area contributed by atoms with Gasteiger partial charge in [-0.15, -0.1) is 0 Å². The van der Waals surface area contributed by atoms with Crippen molar-refractivity contribution >= 4 is 27.8 Å². The highest BCUT2D eigenvalue weighted by atomic mass is 79.9. The molecule has 0 saturated carbocycles. The van der Waals surface area contributed by atoms with Gasteiger partial charge in [0.05, 0.1) is 30.9 Å². The molecule has 0 aliphatic rings. The van der Waals surface area contributed by atoms with Gasteiger partial charge < -0.3 is 24.6 Å². The smallest absolute Gasteiger partial charge is 0.329 e. The van der Waals surface area contributed by atoms with Gasteiger partial charge in [0.15, 0.2) is 0 Å². The molecule has 0 spiro atoms. The Hall–Kier alpha value is -1.80. The molecule has 1 aromatic rings. The van der Waals surface area contributed by atoms with Gasteiger partial charge in [-0.25, -0.2) is 4.79 Å². The molecule has 0 unspecified atom stereocenters. The third-order valence-electron chi connectivity index (χ3n) is 2.46. The highest BCUT2D eigenvalue weighted by molar-refractivity contribution is 9.10. The fourth-order valence-corrected chi connectivity index (χ4v) is 2.16. The van der Waals surface area contributed by atoms with Crippen LogP contribution in [-0.2, 0) is 9.53 Å². The van der Waals surface area contributed by atoms with E-state index in [1.807, 2.05) is 0 Å². The average molecular weight is 362 g/mol. The number of amides is 1. The minimum Gasteiger partial charge on any atom is -0.497 e. The highest BCUT2D eigenvalue weighted by Crippen LogP contribution is 2.33. The molecule has 2 N–H and O–H groups in total. The van der Waals surface area contributed by atoms with E-state index in [1.54, 1.807) is 12.1 Å².